The predicted octanol–water partition coefficient (Wildman–Crippen LogP) is 4.83. The molecular weight excluding hydrogens is 396 g/mol. The van der Waals surface area contributed by atoms with E-state index in [0.29, 0.717) is 49.2 Å². The van der Waals surface area contributed by atoms with E-state index in [2.05, 4.69) is 17.5 Å². The molecule has 0 aliphatic rings. The van der Waals surface area contributed by atoms with Crippen LogP contribution in [0.2, 0.25) is 0 Å². The summed E-state index contributed by atoms with van der Waals surface area (Å²) in [7, 11) is 0. The number of rotatable bonds is 13. The Kier molecular flexibility index (Phi) is 10.2. The molecule has 7 heteroatoms. The average Bonchev–Trinajstić information content (AvgIpc) is 2.77. The van der Waals surface area contributed by atoms with Gasteiger partial charge in [0.2, 0.25) is 5.75 Å². The summed E-state index contributed by atoms with van der Waals surface area (Å²) in [5.41, 5.74) is 3.76. The van der Waals surface area contributed by atoms with Crippen molar-refractivity contribution in [3.63, 3.8) is 0 Å². The van der Waals surface area contributed by atoms with Crippen LogP contribution in [0.1, 0.15) is 56.5 Å². The minimum Gasteiger partial charge on any atom is -0.494 e. The van der Waals surface area contributed by atoms with Crippen LogP contribution in [0.25, 0.3) is 0 Å². The number of hydrogen-bond acceptors (Lipinski definition) is 6. The van der Waals surface area contributed by atoms with Gasteiger partial charge in [-0.2, -0.15) is 5.10 Å². The molecule has 2 aromatic rings. The highest BCUT2D eigenvalue weighted by molar-refractivity contribution is 5.96. The average molecular weight is 429 g/mol. The lowest BCUT2D eigenvalue weighted by molar-refractivity contribution is 0.0954. The fourth-order valence-electron chi connectivity index (χ4n) is 2.73. The number of amides is 1. The number of carbonyl (C=O) groups excluding carboxylic acids is 1. The molecule has 2 rings (SSSR count). The van der Waals surface area contributed by atoms with Crippen LogP contribution < -0.4 is 24.4 Å². The molecule has 168 valence electrons. The van der Waals surface area contributed by atoms with E-state index < -0.39 is 0 Å². The van der Waals surface area contributed by atoms with Crippen molar-refractivity contribution in [1.29, 1.82) is 0 Å². The number of benzene rings is 2. The first-order valence-electron chi connectivity index (χ1n) is 10.8. The number of hydrazone groups is 1. The smallest absolute Gasteiger partial charge is 0.271 e. The van der Waals surface area contributed by atoms with Crippen molar-refractivity contribution in [2.75, 3.05) is 26.4 Å². The highest BCUT2D eigenvalue weighted by atomic mass is 16.5. The van der Waals surface area contributed by atoms with Gasteiger partial charge in [0.1, 0.15) is 5.75 Å². The Morgan fingerprint density at radius 2 is 1.52 bits per heavy atom. The van der Waals surface area contributed by atoms with E-state index in [9.17, 15) is 4.79 Å². The molecule has 7 nitrogen and oxygen atoms in total. The number of unbranched alkanes of at least 4 members (excludes halogenated alkanes) is 1. The highest BCUT2D eigenvalue weighted by Gasteiger charge is 2.18. The van der Waals surface area contributed by atoms with Crippen LogP contribution in [-0.2, 0) is 0 Å². The zero-order chi connectivity index (χ0) is 22.5. The van der Waals surface area contributed by atoms with Crippen LogP contribution in [-0.4, -0.2) is 38.5 Å². The van der Waals surface area contributed by atoms with Gasteiger partial charge in [0.05, 0.1) is 32.6 Å². The SMILES string of the molecule is CCCCOc1ccc(/C=N/NC(=O)c2cc(OCC)c(OCC)c(OCC)c2)cc1. The van der Waals surface area contributed by atoms with Gasteiger partial charge in [0, 0.05) is 5.56 Å². The second-order valence-corrected chi connectivity index (χ2v) is 6.57. The maximum atomic E-state index is 12.6. The zero-order valence-electron chi connectivity index (χ0n) is 18.8. The molecule has 31 heavy (non-hydrogen) atoms. The van der Waals surface area contributed by atoms with Gasteiger partial charge < -0.3 is 18.9 Å². The van der Waals surface area contributed by atoms with Gasteiger partial charge in [-0.1, -0.05) is 13.3 Å². The van der Waals surface area contributed by atoms with E-state index >= 15 is 0 Å². The Morgan fingerprint density at radius 1 is 0.903 bits per heavy atom. The lowest BCUT2D eigenvalue weighted by Crippen LogP contribution is -2.18. The number of hydrogen-bond donors (Lipinski definition) is 1. The van der Waals surface area contributed by atoms with Crippen LogP contribution in [0.5, 0.6) is 23.0 Å². The summed E-state index contributed by atoms with van der Waals surface area (Å²) in [5, 5.41) is 4.05. The molecule has 1 N–H and O–H groups in total. The van der Waals surface area contributed by atoms with Gasteiger partial charge in [-0.05, 0) is 69.2 Å². The quantitative estimate of drug-likeness (QED) is 0.281. The van der Waals surface area contributed by atoms with E-state index in [1.165, 1.54) is 0 Å². The molecule has 2 aromatic carbocycles. The molecule has 0 unspecified atom stereocenters. The summed E-state index contributed by atoms with van der Waals surface area (Å²) < 4.78 is 22.6. The van der Waals surface area contributed by atoms with Gasteiger partial charge in [-0.25, -0.2) is 5.43 Å². The Balaban J connectivity index is 2.08. The van der Waals surface area contributed by atoms with Crippen molar-refractivity contribution < 1.29 is 23.7 Å². The van der Waals surface area contributed by atoms with Gasteiger partial charge in [0.25, 0.3) is 5.91 Å². The molecule has 0 aliphatic heterocycles. The monoisotopic (exact) mass is 428 g/mol. The third-order valence-corrected chi connectivity index (χ3v) is 4.20. The van der Waals surface area contributed by atoms with Crippen molar-refractivity contribution in [3.8, 4) is 23.0 Å². The maximum Gasteiger partial charge on any atom is 0.271 e. The molecule has 0 bridgehead atoms. The topological polar surface area (TPSA) is 78.4 Å². The van der Waals surface area contributed by atoms with Crippen molar-refractivity contribution in [2.24, 2.45) is 5.10 Å². The summed E-state index contributed by atoms with van der Waals surface area (Å²) in [6.07, 6.45) is 3.70. The van der Waals surface area contributed by atoms with Gasteiger partial charge in [-0.15, -0.1) is 0 Å². The number of nitrogens with one attached hydrogen (secondary N) is 1. The predicted molar refractivity (Wildman–Crippen MR) is 122 cm³/mol. The molecule has 0 spiro atoms. The Morgan fingerprint density at radius 3 is 2.06 bits per heavy atom. The van der Waals surface area contributed by atoms with Gasteiger partial charge in [0.15, 0.2) is 11.5 Å². The third kappa shape index (κ3) is 7.51. The lowest BCUT2D eigenvalue weighted by atomic mass is 10.1. The Labute approximate surface area is 184 Å². The summed E-state index contributed by atoms with van der Waals surface area (Å²) in [5.74, 6) is 1.86. The molecular formula is C24H32N2O5. The second-order valence-electron chi connectivity index (χ2n) is 6.57. The van der Waals surface area contributed by atoms with E-state index in [1.54, 1.807) is 18.3 Å². The van der Waals surface area contributed by atoms with Crippen molar-refractivity contribution in [3.05, 3.63) is 47.5 Å². The van der Waals surface area contributed by atoms with Crippen molar-refractivity contribution >= 4 is 12.1 Å². The molecule has 0 atom stereocenters. The van der Waals surface area contributed by atoms with Crippen molar-refractivity contribution in [2.45, 2.75) is 40.5 Å². The molecule has 0 aromatic heterocycles. The maximum absolute atomic E-state index is 12.6. The largest absolute Gasteiger partial charge is 0.494 e. The molecule has 0 aliphatic carbocycles. The van der Waals surface area contributed by atoms with Crippen LogP contribution in [0, 0.1) is 0 Å². The van der Waals surface area contributed by atoms with Crippen LogP contribution >= 0.6 is 0 Å². The van der Waals surface area contributed by atoms with Crippen LogP contribution in [0.15, 0.2) is 41.5 Å². The highest BCUT2D eigenvalue weighted by Crippen LogP contribution is 2.39. The first-order chi connectivity index (χ1) is 15.1. The molecule has 0 saturated heterocycles. The molecule has 0 heterocycles. The van der Waals surface area contributed by atoms with Crippen LogP contribution in [0.4, 0.5) is 0 Å². The van der Waals surface area contributed by atoms with Crippen molar-refractivity contribution in [1.82, 2.24) is 5.43 Å². The molecule has 0 radical (unpaired) electrons. The van der Waals surface area contributed by atoms with E-state index in [4.69, 9.17) is 18.9 Å². The normalized spacial score (nSPS) is 10.7. The van der Waals surface area contributed by atoms with E-state index in [1.807, 2.05) is 45.0 Å². The summed E-state index contributed by atoms with van der Waals surface area (Å²) in [6, 6.07) is 10.8. The summed E-state index contributed by atoms with van der Waals surface area (Å²) >= 11 is 0. The zero-order valence-corrected chi connectivity index (χ0v) is 18.8. The Hall–Kier alpha value is -3.22. The lowest BCUT2D eigenvalue weighted by Gasteiger charge is -2.16. The minimum atomic E-state index is -0.374. The fourth-order valence-corrected chi connectivity index (χ4v) is 2.73. The van der Waals surface area contributed by atoms with Crippen LogP contribution in [0.3, 0.4) is 0 Å². The summed E-state index contributed by atoms with van der Waals surface area (Å²) in [4.78, 5) is 12.6. The molecule has 1 amide bonds. The third-order valence-electron chi connectivity index (χ3n) is 4.20. The van der Waals surface area contributed by atoms with E-state index in [0.717, 1.165) is 24.2 Å². The molecule has 0 saturated carbocycles. The van der Waals surface area contributed by atoms with Gasteiger partial charge >= 0.3 is 0 Å². The number of nitrogens with zero attached hydrogens (tertiary/aromatic N) is 1. The molecule has 0 fully saturated rings. The first kappa shape index (κ1) is 24.1. The standard InChI is InChI=1S/C24H32N2O5/c1-5-9-14-31-20-12-10-18(11-13-20)17-25-26-24(27)19-15-21(28-6-2)23(30-8-4)22(16-19)29-7-3/h10-13,15-17H,5-9,14H2,1-4H3,(H,26,27)/b25-17+. The summed E-state index contributed by atoms with van der Waals surface area (Å²) in [6.45, 7) is 9.78. The van der Waals surface area contributed by atoms with Gasteiger partial charge in [-0.3, -0.25) is 4.79 Å². The first-order valence-corrected chi connectivity index (χ1v) is 10.8. The number of carbonyl (C=O) groups is 1. The number of ether oxygens (including phenoxy) is 4. The minimum absolute atomic E-state index is 0.368. The second kappa shape index (κ2) is 13.2. The Bertz CT molecular complexity index is 823. The van der Waals surface area contributed by atoms with E-state index in [-0.39, 0.29) is 5.91 Å². The fraction of sp³-hybridized carbons (Fsp3) is 0.417.